The van der Waals surface area contributed by atoms with Crippen LogP contribution < -0.4 is 0 Å². The summed E-state index contributed by atoms with van der Waals surface area (Å²) in [5, 5.41) is 0. The molecule has 1 aromatic rings. The lowest BCUT2D eigenvalue weighted by Crippen LogP contribution is -2.61. The summed E-state index contributed by atoms with van der Waals surface area (Å²) < 4.78 is 44.9. The third kappa shape index (κ3) is 4.89. The molecular weight excluding hydrogens is 365 g/mol. The second-order valence-corrected chi connectivity index (χ2v) is 8.72. The third-order valence-corrected chi connectivity index (χ3v) is 6.65. The van der Waals surface area contributed by atoms with Gasteiger partial charge in [-0.15, -0.1) is 0 Å². The lowest BCUT2D eigenvalue weighted by molar-refractivity contribution is -0.137. The summed E-state index contributed by atoms with van der Waals surface area (Å²) in [5.74, 6) is 0. The number of hydrogen-bond donors (Lipinski definition) is 0. The van der Waals surface area contributed by atoms with E-state index in [0.29, 0.717) is 18.5 Å². The Morgan fingerprint density at radius 1 is 1.32 bits per heavy atom. The first kappa shape index (κ1) is 21.6. The SMILES string of the molecule is CC(C)N1CCC[C@](CCc2cccc(C(F)(F)F)c2)(N(C)[C@@H]2CCOC2)C1. The zero-order valence-corrected chi connectivity index (χ0v) is 17.3. The van der Waals surface area contributed by atoms with Crippen LogP contribution in [0.1, 0.15) is 50.7 Å². The fraction of sp³-hybridized carbons (Fsp3) is 0.727. The molecule has 0 saturated carbocycles. The average Bonchev–Trinajstić information content (AvgIpc) is 3.20. The summed E-state index contributed by atoms with van der Waals surface area (Å²) >= 11 is 0. The van der Waals surface area contributed by atoms with E-state index in [1.54, 1.807) is 0 Å². The van der Waals surface area contributed by atoms with Gasteiger partial charge in [-0.25, -0.2) is 0 Å². The largest absolute Gasteiger partial charge is 0.416 e. The molecule has 3 rings (SSSR count). The molecule has 0 amide bonds. The summed E-state index contributed by atoms with van der Waals surface area (Å²) in [5.41, 5.74) is 0.200. The van der Waals surface area contributed by atoms with E-state index in [1.165, 1.54) is 12.1 Å². The van der Waals surface area contributed by atoms with E-state index in [1.807, 2.05) is 6.07 Å². The van der Waals surface area contributed by atoms with Crippen LogP contribution in [0.15, 0.2) is 24.3 Å². The lowest BCUT2D eigenvalue weighted by Gasteiger charge is -2.51. The lowest BCUT2D eigenvalue weighted by atomic mass is 9.80. The van der Waals surface area contributed by atoms with Crippen molar-refractivity contribution in [2.45, 2.75) is 69.8 Å². The Labute approximate surface area is 166 Å². The molecule has 2 heterocycles. The van der Waals surface area contributed by atoms with Crippen molar-refractivity contribution in [3.05, 3.63) is 35.4 Å². The molecule has 28 heavy (non-hydrogen) atoms. The number of halogens is 3. The Morgan fingerprint density at radius 2 is 2.11 bits per heavy atom. The summed E-state index contributed by atoms with van der Waals surface area (Å²) in [4.78, 5) is 5.00. The smallest absolute Gasteiger partial charge is 0.380 e. The number of likely N-dealkylation sites (N-methyl/N-ethyl adjacent to an activating group) is 1. The number of rotatable bonds is 6. The number of nitrogens with zero attached hydrogens (tertiary/aromatic N) is 2. The topological polar surface area (TPSA) is 15.7 Å². The van der Waals surface area contributed by atoms with Gasteiger partial charge in [-0.2, -0.15) is 13.2 Å². The van der Waals surface area contributed by atoms with Crippen molar-refractivity contribution >= 4 is 0 Å². The first-order chi connectivity index (χ1) is 13.2. The van der Waals surface area contributed by atoms with Gasteiger partial charge in [0.15, 0.2) is 0 Å². The highest BCUT2D eigenvalue weighted by Gasteiger charge is 2.42. The van der Waals surface area contributed by atoms with Gasteiger partial charge in [0, 0.05) is 30.8 Å². The molecule has 0 N–H and O–H groups in total. The van der Waals surface area contributed by atoms with Gasteiger partial charge < -0.3 is 4.74 Å². The second-order valence-electron chi connectivity index (χ2n) is 8.72. The zero-order chi connectivity index (χ0) is 20.4. The van der Waals surface area contributed by atoms with Crippen molar-refractivity contribution in [3.8, 4) is 0 Å². The molecule has 1 aromatic carbocycles. The minimum atomic E-state index is -4.29. The van der Waals surface area contributed by atoms with Gasteiger partial charge in [-0.05, 0) is 71.2 Å². The van der Waals surface area contributed by atoms with Gasteiger partial charge in [0.2, 0.25) is 0 Å². The average molecular weight is 399 g/mol. The predicted octanol–water partition coefficient (Wildman–Crippen LogP) is 4.60. The molecule has 0 aliphatic carbocycles. The fourth-order valence-electron chi connectivity index (χ4n) is 4.75. The maximum Gasteiger partial charge on any atom is 0.416 e. The molecular formula is C22H33F3N2O. The molecule has 2 atom stereocenters. The Hall–Kier alpha value is -1.11. The summed E-state index contributed by atoms with van der Waals surface area (Å²) in [6.45, 7) is 8.06. The first-order valence-electron chi connectivity index (χ1n) is 10.4. The van der Waals surface area contributed by atoms with E-state index in [4.69, 9.17) is 4.74 Å². The number of hydrogen-bond acceptors (Lipinski definition) is 3. The Kier molecular flexibility index (Phi) is 6.72. The normalized spacial score (nSPS) is 27.1. The van der Waals surface area contributed by atoms with Crippen molar-refractivity contribution in [1.29, 1.82) is 0 Å². The number of aryl methyl sites for hydroxylation is 1. The quantitative estimate of drug-likeness (QED) is 0.696. The predicted molar refractivity (Wildman–Crippen MR) is 105 cm³/mol. The molecule has 2 aliphatic heterocycles. The van der Waals surface area contributed by atoms with E-state index < -0.39 is 11.7 Å². The third-order valence-electron chi connectivity index (χ3n) is 6.65. The number of piperidine rings is 1. The fourth-order valence-corrected chi connectivity index (χ4v) is 4.75. The van der Waals surface area contributed by atoms with Crippen LogP contribution in [0, 0.1) is 0 Å². The van der Waals surface area contributed by atoms with E-state index in [0.717, 1.165) is 63.6 Å². The highest BCUT2D eigenvalue weighted by Crippen LogP contribution is 2.36. The maximum atomic E-state index is 13.1. The van der Waals surface area contributed by atoms with Gasteiger partial charge in [-0.1, -0.05) is 18.2 Å². The molecule has 2 aliphatic rings. The van der Waals surface area contributed by atoms with Crippen molar-refractivity contribution in [2.24, 2.45) is 0 Å². The van der Waals surface area contributed by atoms with E-state index in [9.17, 15) is 13.2 Å². The van der Waals surface area contributed by atoms with Crippen molar-refractivity contribution in [3.63, 3.8) is 0 Å². The summed E-state index contributed by atoms with van der Waals surface area (Å²) in [6.07, 6.45) is 0.480. The van der Waals surface area contributed by atoms with Gasteiger partial charge in [0.05, 0.1) is 12.2 Å². The summed E-state index contributed by atoms with van der Waals surface area (Å²) in [6, 6.07) is 6.69. The molecule has 0 radical (unpaired) electrons. The molecule has 0 aromatic heterocycles. The van der Waals surface area contributed by atoms with Crippen molar-refractivity contribution in [1.82, 2.24) is 9.80 Å². The molecule has 3 nitrogen and oxygen atoms in total. The number of alkyl halides is 3. The van der Waals surface area contributed by atoms with E-state index in [2.05, 4.69) is 30.7 Å². The van der Waals surface area contributed by atoms with Crippen molar-refractivity contribution < 1.29 is 17.9 Å². The van der Waals surface area contributed by atoms with Crippen LogP contribution in [0.2, 0.25) is 0 Å². The highest BCUT2D eigenvalue weighted by molar-refractivity contribution is 5.26. The van der Waals surface area contributed by atoms with Crippen LogP contribution in [0.4, 0.5) is 13.2 Å². The van der Waals surface area contributed by atoms with Crippen LogP contribution >= 0.6 is 0 Å². The molecule has 158 valence electrons. The highest BCUT2D eigenvalue weighted by atomic mass is 19.4. The Balaban J connectivity index is 1.79. The van der Waals surface area contributed by atoms with Crippen LogP contribution in [-0.2, 0) is 17.3 Å². The molecule has 6 heteroatoms. The maximum absolute atomic E-state index is 13.1. The zero-order valence-electron chi connectivity index (χ0n) is 17.3. The minimum absolute atomic E-state index is 0.0187. The molecule has 2 saturated heterocycles. The molecule has 2 fully saturated rings. The van der Waals surface area contributed by atoms with E-state index in [-0.39, 0.29) is 5.54 Å². The van der Waals surface area contributed by atoms with Gasteiger partial charge in [0.1, 0.15) is 0 Å². The second kappa shape index (κ2) is 8.72. The molecule has 0 unspecified atom stereocenters. The van der Waals surface area contributed by atoms with Crippen LogP contribution in [-0.4, -0.2) is 60.8 Å². The number of benzene rings is 1. The van der Waals surface area contributed by atoms with E-state index >= 15 is 0 Å². The number of likely N-dealkylation sites (tertiary alicyclic amines) is 1. The monoisotopic (exact) mass is 398 g/mol. The summed E-state index contributed by atoms with van der Waals surface area (Å²) in [7, 11) is 2.19. The standard InChI is InChI=1S/C22H33F3N2O/c1-17(2)27-12-5-10-21(16-27,26(3)20-9-13-28-15-20)11-8-18-6-4-7-19(14-18)22(23,24)25/h4,6-7,14,17,20H,5,8-13,15-16H2,1-3H3/t20-,21-/m1/s1. The first-order valence-corrected chi connectivity index (χ1v) is 10.4. The number of ether oxygens (including phenoxy) is 1. The van der Waals surface area contributed by atoms with Gasteiger partial charge in [-0.3, -0.25) is 9.80 Å². The van der Waals surface area contributed by atoms with Gasteiger partial charge >= 0.3 is 6.18 Å². The van der Waals surface area contributed by atoms with Crippen molar-refractivity contribution in [2.75, 3.05) is 33.4 Å². The van der Waals surface area contributed by atoms with Crippen LogP contribution in [0.5, 0.6) is 0 Å². The Bertz CT molecular complexity index is 643. The van der Waals surface area contributed by atoms with Gasteiger partial charge in [0.25, 0.3) is 0 Å². The minimum Gasteiger partial charge on any atom is -0.380 e. The Morgan fingerprint density at radius 3 is 2.75 bits per heavy atom. The molecule has 0 bridgehead atoms. The van der Waals surface area contributed by atoms with Crippen LogP contribution in [0.3, 0.4) is 0 Å². The van der Waals surface area contributed by atoms with Crippen LogP contribution in [0.25, 0.3) is 0 Å². The molecule has 0 spiro atoms.